The highest BCUT2D eigenvalue weighted by Crippen LogP contribution is 2.14. The van der Waals surface area contributed by atoms with Crippen LogP contribution in [-0.4, -0.2) is 34.1 Å². The van der Waals surface area contributed by atoms with E-state index in [4.69, 9.17) is 5.11 Å². The average molecular weight is 317 g/mol. The lowest BCUT2D eigenvalue weighted by atomic mass is 10.0. The van der Waals surface area contributed by atoms with Crippen molar-refractivity contribution < 1.29 is 15.3 Å². The Morgan fingerprint density at radius 2 is 0.909 bits per heavy atom. The van der Waals surface area contributed by atoms with Crippen LogP contribution in [-0.2, 0) is 0 Å². The van der Waals surface area contributed by atoms with Crippen LogP contribution in [0.25, 0.3) is 0 Å². The Hall–Kier alpha value is -0.120. The fraction of sp³-hybridized carbons (Fsp3) is 1.00. The van der Waals surface area contributed by atoms with E-state index in [1.54, 1.807) is 0 Å². The molecule has 2 atom stereocenters. The lowest BCUT2D eigenvalue weighted by Gasteiger charge is -2.16. The third kappa shape index (κ3) is 14.8. The smallest absolute Gasteiger partial charge is 0.0820 e. The van der Waals surface area contributed by atoms with Crippen molar-refractivity contribution in [1.82, 2.24) is 0 Å². The van der Waals surface area contributed by atoms with Gasteiger partial charge in [0.2, 0.25) is 0 Å². The standard InChI is InChI=1S/C19H40O3/c1-17(2)13-11-9-7-5-3-4-6-8-10-12-14-18(21)19(22)15-16-20/h17-22H,3-16H2,1-2H3. The van der Waals surface area contributed by atoms with Crippen LogP contribution in [0, 0.1) is 5.92 Å². The molecule has 3 heteroatoms. The van der Waals surface area contributed by atoms with Gasteiger partial charge in [-0.1, -0.05) is 84.5 Å². The minimum absolute atomic E-state index is 0.0598. The molecular weight excluding hydrogens is 276 g/mol. The predicted octanol–water partition coefficient (Wildman–Crippen LogP) is 4.43. The van der Waals surface area contributed by atoms with Crippen molar-refractivity contribution in [2.45, 2.75) is 110 Å². The molecule has 3 N–H and O–H groups in total. The summed E-state index contributed by atoms with van der Waals surface area (Å²) >= 11 is 0. The quantitative estimate of drug-likeness (QED) is 0.369. The van der Waals surface area contributed by atoms with Crippen LogP contribution in [0.5, 0.6) is 0 Å². The van der Waals surface area contributed by atoms with Crippen LogP contribution in [0.4, 0.5) is 0 Å². The monoisotopic (exact) mass is 316 g/mol. The normalized spacial score (nSPS) is 14.5. The molecule has 0 spiro atoms. The summed E-state index contributed by atoms with van der Waals surface area (Å²) in [6.07, 6.45) is 13.8. The Kier molecular flexibility index (Phi) is 15.7. The van der Waals surface area contributed by atoms with E-state index in [1.807, 2.05) is 0 Å². The zero-order valence-corrected chi connectivity index (χ0v) is 15.0. The second-order valence-electron chi connectivity index (χ2n) is 7.15. The van der Waals surface area contributed by atoms with E-state index in [0.29, 0.717) is 6.42 Å². The molecule has 22 heavy (non-hydrogen) atoms. The second kappa shape index (κ2) is 15.8. The third-order valence-corrected chi connectivity index (χ3v) is 4.40. The van der Waals surface area contributed by atoms with Crippen molar-refractivity contribution in [3.05, 3.63) is 0 Å². The van der Waals surface area contributed by atoms with Crippen LogP contribution in [0.1, 0.15) is 97.3 Å². The molecule has 0 aliphatic heterocycles. The average Bonchev–Trinajstić information content (AvgIpc) is 2.48. The Balaban J connectivity index is 3.17. The number of rotatable bonds is 16. The molecule has 2 unspecified atom stereocenters. The van der Waals surface area contributed by atoms with Crippen molar-refractivity contribution >= 4 is 0 Å². The van der Waals surface area contributed by atoms with Gasteiger partial charge >= 0.3 is 0 Å². The molecule has 3 nitrogen and oxygen atoms in total. The first kappa shape index (κ1) is 21.9. The summed E-state index contributed by atoms with van der Waals surface area (Å²) in [5.41, 5.74) is 0. The van der Waals surface area contributed by atoms with Gasteiger partial charge < -0.3 is 15.3 Å². The van der Waals surface area contributed by atoms with E-state index in [-0.39, 0.29) is 13.0 Å². The number of aliphatic hydroxyl groups excluding tert-OH is 3. The fourth-order valence-corrected chi connectivity index (χ4v) is 2.84. The molecule has 0 aromatic heterocycles. The molecule has 0 saturated carbocycles. The Morgan fingerprint density at radius 1 is 0.545 bits per heavy atom. The zero-order chi connectivity index (χ0) is 16.6. The summed E-state index contributed by atoms with van der Waals surface area (Å²) in [5, 5.41) is 27.9. The van der Waals surface area contributed by atoms with Crippen molar-refractivity contribution in [1.29, 1.82) is 0 Å². The molecular formula is C19H40O3. The van der Waals surface area contributed by atoms with Crippen molar-refractivity contribution in [2.24, 2.45) is 5.92 Å². The first-order chi connectivity index (χ1) is 10.6. The lowest BCUT2D eigenvalue weighted by molar-refractivity contribution is -0.000105. The molecule has 0 aromatic rings. The highest BCUT2D eigenvalue weighted by Gasteiger charge is 2.14. The largest absolute Gasteiger partial charge is 0.396 e. The minimum Gasteiger partial charge on any atom is -0.396 e. The van der Waals surface area contributed by atoms with E-state index in [9.17, 15) is 10.2 Å². The molecule has 0 bridgehead atoms. The Bertz CT molecular complexity index is 219. The maximum atomic E-state index is 9.67. The summed E-state index contributed by atoms with van der Waals surface area (Å²) < 4.78 is 0. The molecule has 0 aliphatic rings. The summed E-state index contributed by atoms with van der Waals surface area (Å²) in [6.45, 7) is 4.54. The second-order valence-corrected chi connectivity index (χ2v) is 7.15. The lowest BCUT2D eigenvalue weighted by Crippen LogP contribution is -2.26. The summed E-state index contributed by atoms with van der Waals surface area (Å²) in [6, 6.07) is 0. The molecule has 0 saturated heterocycles. The van der Waals surface area contributed by atoms with E-state index in [0.717, 1.165) is 18.8 Å². The van der Waals surface area contributed by atoms with Gasteiger partial charge in [0.1, 0.15) is 0 Å². The van der Waals surface area contributed by atoms with E-state index < -0.39 is 12.2 Å². The van der Waals surface area contributed by atoms with Crippen molar-refractivity contribution in [3.63, 3.8) is 0 Å². The van der Waals surface area contributed by atoms with Gasteiger partial charge in [-0.25, -0.2) is 0 Å². The Labute approximate surface area is 138 Å². The van der Waals surface area contributed by atoms with Gasteiger partial charge in [0, 0.05) is 6.61 Å². The highest BCUT2D eigenvalue weighted by molar-refractivity contribution is 4.66. The number of unbranched alkanes of at least 4 members (excludes halogenated alkanes) is 9. The predicted molar refractivity (Wildman–Crippen MR) is 94.0 cm³/mol. The van der Waals surface area contributed by atoms with Crippen molar-refractivity contribution in [2.75, 3.05) is 6.61 Å². The van der Waals surface area contributed by atoms with Crippen LogP contribution in [0.2, 0.25) is 0 Å². The first-order valence-electron chi connectivity index (χ1n) is 9.55. The van der Waals surface area contributed by atoms with Gasteiger partial charge in [0.05, 0.1) is 12.2 Å². The van der Waals surface area contributed by atoms with Crippen molar-refractivity contribution in [3.8, 4) is 0 Å². The zero-order valence-electron chi connectivity index (χ0n) is 15.0. The molecule has 0 radical (unpaired) electrons. The van der Waals surface area contributed by atoms with Gasteiger partial charge in [-0.15, -0.1) is 0 Å². The number of hydrogen-bond donors (Lipinski definition) is 3. The molecule has 0 heterocycles. The van der Waals surface area contributed by atoms with Gasteiger partial charge in [0.15, 0.2) is 0 Å². The maximum absolute atomic E-state index is 9.67. The topological polar surface area (TPSA) is 60.7 Å². The van der Waals surface area contributed by atoms with E-state index >= 15 is 0 Å². The van der Waals surface area contributed by atoms with Crippen LogP contribution in [0.3, 0.4) is 0 Å². The van der Waals surface area contributed by atoms with E-state index in [2.05, 4.69) is 13.8 Å². The fourth-order valence-electron chi connectivity index (χ4n) is 2.84. The molecule has 0 rings (SSSR count). The summed E-state index contributed by atoms with van der Waals surface area (Å²) in [4.78, 5) is 0. The minimum atomic E-state index is -0.763. The molecule has 0 aliphatic carbocycles. The van der Waals surface area contributed by atoms with Crippen LogP contribution in [0.15, 0.2) is 0 Å². The number of aliphatic hydroxyl groups is 3. The highest BCUT2D eigenvalue weighted by atomic mass is 16.3. The molecule has 134 valence electrons. The van der Waals surface area contributed by atoms with Gasteiger partial charge in [-0.3, -0.25) is 0 Å². The van der Waals surface area contributed by atoms with Gasteiger partial charge in [0.25, 0.3) is 0 Å². The van der Waals surface area contributed by atoms with Crippen LogP contribution < -0.4 is 0 Å². The summed E-state index contributed by atoms with van der Waals surface area (Å²) in [5.74, 6) is 0.850. The van der Waals surface area contributed by atoms with Crippen LogP contribution >= 0.6 is 0 Å². The Morgan fingerprint density at radius 3 is 1.32 bits per heavy atom. The number of hydrogen-bond acceptors (Lipinski definition) is 3. The van der Waals surface area contributed by atoms with Gasteiger partial charge in [-0.05, 0) is 18.8 Å². The maximum Gasteiger partial charge on any atom is 0.0820 e. The first-order valence-corrected chi connectivity index (χ1v) is 9.55. The van der Waals surface area contributed by atoms with Gasteiger partial charge in [-0.2, -0.15) is 0 Å². The molecule has 0 amide bonds. The SMILES string of the molecule is CC(C)CCCCCCCCCCCCC(O)C(O)CCO. The molecule has 0 aromatic carbocycles. The third-order valence-electron chi connectivity index (χ3n) is 4.40. The van der Waals surface area contributed by atoms with E-state index in [1.165, 1.54) is 57.8 Å². The molecule has 0 fully saturated rings. The summed E-state index contributed by atoms with van der Waals surface area (Å²) in [7, 11) is 0.